The average molecular weight is 207 g/mol. The number of hydrogen-bond acceptors (Lipinski definition) is 4. The van der Waals surface area contributed by atoms with Gasteiger partial charge in [-0.2, -0.15) is 4.98 Å². The molecule has 1 aliphatic heterocycles. The van der Waals surface area contributed by atoms with Crippen LogP contribution in [0.2, 0.25) is 0 Å². The number of aromatic nitrogens is 2. The van der Waals surface area contributed by atoms with E-state index >= 15 is 0 Å². The first-order valence-electron chi connectivity index (χ1n) is 5.43. The summed E-state index contributed by atoms with van der Waals surface area (Å²) < 4.78 is 5.12. The zero-order valence-corrected chi connectivity index (χ0v) is 8.48. The highest BCUT2D eigenvalue weighted by molar-refractivity contribution is 5.77. The molecule has 0 atom stereocenters. The molecule has 1 amide bonds. The highest BCUT2D eigenvalue weighted by atomic mass is 16.5. The van der Waals surface area contributed by atoms with Crippen LogP contribution in [0.25, 0.3) is 0 Å². The molecule has 2 aliphatic rings. The molecular formula is C10H13N3O2. The van der Waals surface area contributed by atoms with E-state index in [0.717, 1.165) is 18.8 Å². The van der Waals surface area contributed by atoms with E-state index in [2.05, 4.69) is 10.1 Å². The van der Waals surface area contributed by atoms with E-state index in [9.17, 15) is 4.79 Å². The molecule has 5 heteroatoms. The Morgan fingerprint density at radius 2 is 2.33 bits per heavy atom. The molecule has 1 aliphatic carbocycles. The first-order valence-corrected chi connectivity index (χ1v) is 5.43. The summed E-state index contributed by atoms with van der Waals surface area (Å²) in [6, 6.07) is 0. The van der Waals surface area contributed by atoms with E-state index in [1.54, 1.807) is 4.90 Å². The summed E-state index contributed by atoms with van der Waals surface area (Å²) >= 11 is 0. The summed E-state index contributed by atoms with van der Waals surface area (Å²) in [5.74, 6) is 2.10. The van der Waals surface area contributed by atoms with Gasteiger partial charge in [-0.15, -0.1) is 0 Å². The first kappa shape index (κ1) is 8.88. The Morgan fingerprint density at radius 1 is 1.47 bits per heavy atom. The SMILES string of the molecule is O=C1CCCN1Cc1nc(C2CC2)no1. The van der Waals surface area contributed by atoms with Crippen LogP contribution in [0.3, 0.4) is 0 Å². The lowest BCUT2D eigenvalue weighted by atomic mass is 10.4. The third-order valence-corrected chi connectivity index (χ3v) is 2.92. The van der Waals surface area contributed by atoms with Gasteiger partial charge in [-0.3, -0.25) is 4.79 Å². The van der Waals surface area contributed by atoms with Crippen molar-refractivity contribution in [3.05, 3.63) is 11.7 Å². The molecule has 0 unspecified atom stereocenters. The molecule has 2 fully saturated rings. The summed E-state index contributed by atoms with van der Waals surface area (Å²) in [5.41, 5.74) is 0. The van der Waals surface area contributed by atoms with Gasteiger partial charge in [0.2, 0.25) is 11.8 Å². The van der Waals surface area contributed by atoms with E-state index in [-0.39, 0.29) is 5.91 Å². The Labute approximate surface area is 87.4 Å². The Morgan fingerprint density at radius 3 is 3.00 bits per heavy atom. The Balaban J connectivity index is 1.67. The van der Waals surface area contributed by atoms with Crippen LogP contribution in [0, 0.1) is 0 Å². The summed E-state index contributed by atoms with van der Waals surface area (Å²) in [7, 11) is 0. The van der Waals surface area contributed by atoms with Crippen LogP contribution < -0.4 is 0 Å². The van der Waals surface area contributed by atoms with Gasteiger partial charge in [0.1, 0.15) is 0 Å². The molecular weight excluding hydrogens is 194 g/mol. The van der Waals surface area contributed by atoms with Crippen molar-refractivity contribution in [2.45, 2.75) is 38.1 Å². The zero-order chi connectivity index (χ0) is 10.3. The van der Waals surface area contributed by atoms with Crippen molar-refractivity contribution in [2.75, 3.05) is 6.54 Å². The monoisotopic (exact) mass is 207 g/mol. The largest absolute Gasteiger partial charge is 0.337 e. The number of rotatable bonds is 3. The van der Waals surface area contributed by atoms with Crippen LogP contribution in [0.15, 0.2) is 4.52 Å². The molecule has 1 aromatic rings. The predicted molar refractivity (Wildman–Crippen MR) is 50.9 cm³/mol. The van der Waals surface area contributed by atoms with Gasteiger partial charge in [-0.1, -0.05) is 5.16 Å². The number of nitrogens with zero attached hydrogens (tertiary/aromatic N) is 3. The molecule has 15 heavy (non-hydrogen) atoms. The van der Waals surface area contributed by atoms with Crippen molar-refractivity contribution in [2.24, 2.45) is 0 Å². The van der Waals surface area contributed by atoms with Crippen molar-refractivity contribution >= 4 is 5.91 Å². The molecule has 0 aromatic carbocycles. The fourth-order valence-electron chi connectivity index (χ4n) is 1.87. The number of carbonyl (C=O) groups is 1. The quantitative estimate of drug-likeness (QED) is 0.743. The van der Waals surface area contributed by atoms with Crippen LogP contribution in [0.1, 0.15) is 43.3 Å². The molecule has 1 saturated heterocycles. The van der Waals surface area contributed by atoms with E-state index < -0.39 is 0 Å². The number of likely N-dealkylation sites (tertiary alicyclic amines) is 1. The van der Waals surface area contributed by atoms with Crippen molar-refractivity contribution in [3.8, 4) is 0 Å². The molecule has 80 valence electrons. The standard InChI is InChI=1S/C10H13N3O2/c14-9-2-1-5-13(9)6-8-11-10(12-15-8)7-3-4-7/h7H,1-6H2. The molecule has 1 aromatic heterocycles. The van der Waals surface area contributed by atoms with E-state index in [4.69, 9.17) is 4.52 Å². The minimum Gasteiger partial charge on any atom is -0.337 e. The van der Waals surface area contributed by atoms with Gasteiger partial charge in [-0.25, -0.2) is 0 Å². The summed E-state index contributed by atoms with van der Waals surface area (Å²) in [6.07, 6.45) is 3.94. The normalized spacial score (nSPS) is 21.3. The maximum absolute atomic E-state index is 11.4. The summed E-state index contributed by atoms with van der Waals surface area (Å²) in [6.45, 7) is 1.30. The third kappa shape index (κ3) is 1.73. The minimum absolute atomic E-state index is 0.196. The fourth-order valence-corrected chi connectivity index (χ4v) is 1.87. The van der Waals surface area contributed by atoms with E-state index in [0.29, 0.717) is 24.8 Å². The Bertz CT molecular complexity index is 384. The predicted octanol–water partition coefficient (Wildman–Crippen LogP) is 1.07. The lowest BCUT2D eigenvalue weighted by Crippen LogP contribution is -2.23. The van der Waals surface area contributed by atoms with Gasteiger partial charge < -0.3 is 9.42 Å². The van der Waals surface area contributed by atoms with Crippen molar-refractivity contribution in [3.63, 3.8) is 0 Å². The topological polar surface area (TPSA) is 59.2 Å². The van der Waals surface area contributed by atoms with Crippen LogP contribution in [-0.4, -0.2) is 27.5 Å². The molecule has 0 spiro atoms. The minimum atomic E-state index is 0.196. The number of carbonyl (C=O) groups excluding carboxylic acids is 1. The van der Waals surface area contributed by atoms with Gasteiger partial charge in [0.25, 0.3) is 0 Å². The van der Waals surface area contributed by atoms with Crippen molar-refractivity contribution in [1.29, 1.82) is 0 Å². The van der Waals surface area contributed by atoms with Crippen molar-refractivity contribution in [1.82, 2.24) is 15.0 Å². The molecule has 0 bridgehead atoms. The Hall–Kier alpha value is -1.39. The van der Waals surface area contributed by atoms with E-state index in [1.807, 2.05) is 0 Å². The molecule has 1 saturated carbocycles. The molecule has 0 radical (unpaired) electrons. The maximum Gasteiger partial charge on any atom is 0.246 e. The van der Waals surface area contributed by atoms with Crippen LogP contribution >= 0.6 is 0 Å². The van der Waals surface area contributed by atoms with Crippen LogP contribution in [0.5, 0.6) is 0 Å². The maximum atomic E-state index is 11.4. The highest BCUT2D eigenvalue weighted by Crippen LogP contribution is 2.38. The van der Waals surface area contributed by atoms with Gasteiger partial charge >= 0.3 is 0 Å². The molecule has 2 heterocycles. The van der Waals surface area contributed by atoms with Gasteiger partial charge in [-0.05, 0) is 19.3 Å². The van der Waals surface area contributed by atoms with Crippen LogP contribution in [0.4, 0.5) is 0 Å². The summed E-state index contributed by atoms with van der Waals surface area (Å²) in [5, 5.41) is 3.92. The first-order chi connectivity index (χ1) is 7.33. The smallest absolute Gasteiger partial charge is 0.246 e. The molecule has 5 nitrogen and oxygen atoms in total. The lowest BCUT2D eigenvalue weighted by Gasteiger charge is -2.11. The Kier molecular flexibility index (Phi) is 1.97. The van der Waals surface area contributed by atoms with E-state index in [1.165, 1.54) is 12.8 Å². The van der Waals surface area contributed by atoms with Gasteiger partial charge in [0.15, 0.2) is 5.82 Å². The fraction of sp³-hybridized carbons (Fsp3) is 0.700. The van der Waals surface area contributed by atoms with Gasteiger partial charge in [0, 0.05) is 18.9 Å². The van der Waals surface area contributed by atoms with Crippen molar-refractivity contribution < 1.29 is 9.32 Å². The second kappa shape index (κ2) is 3.32. The second-order valence-corrected chi connectivity index (χ2v) is 4.24. The second-order valence-electron chi connectivity index (χ2n) is 4.24. The third-order valence-electron chi connectivity index (χ3n) is 2.92. The molecule has 0 N–H and O–H groups in total. The zero-order valence-electron chi connectivity index (χ0n) is 8.48. The van der Waals surface area contributed by atoms with Gasteiger partial charge in [0.05, 0.1) is 6.54 Å². The summed E-state index contributed by atoms with van der Waals surface area (Å²) in [4.78, 5) is 17.4. The number of amides is 1. The average Bonchev–Trinajstić information content (AvgIpc) is 2.86. The number of hydrogen-bond donors (Lipinski definition) is 0. The highest BCUT2D eigenvalue weighted by Gasteiger charge is 2.29. The van der Waals surface area contributed by atoms with Crippen LogP contribution in [-0.2, 0) is 11.3 Å². The molecule has 3 rings (SSSR count). The lowest BCUT2D eigenvalue weighted by molar-refractivity contribution is -0.128.